The minimum atomic E-state index is -0.498. The molecule has 110 valence electrons. The van der Waals surface area contributed by atoms with Gasteiger partial charge >= 0.3 is 0 Å². The fourth-order valence-electron chi connectivity index (χ4n) is 2.09. The number of halogens is 2. The summed E-state index contributed by atoms with van der Waals surface area (Å²) in [6, 6.07) is 4.05. The zero-order valence-corrected chi connectivity index (χ0v) is 11.9. The van der Waals surface area contributed by atoms with Gasteiger partial charge in [0, 0.05) is 5.02 Å². The van der Waals surface area contributed by atoms with Crippen LogP contribution in [-0.4, -0.2) is 31.7 Å². The number of carbonyl (C=O) groups excluding carboxylic acids is 1. The van der Waals surface area contributed by atoms with Crippen LogP contribution in [0.1, 0.15) is 19.3 Å². The number of benzene rings is 1. The van der Waals surface area contributed by atoms with E-state index in [9.17, 15) is 9.18 Å². The van der Waals surface area contributed by atoms with Gasteiger partial charge in [-0.2, -0.15) is 0 Å². The molecule has 6 heteroatoms. The van der Waals surface area contributed by atoms with Crippen molar-refractivity contribution in [3.05, 3.63) is 29.0 Å². The van der Waals surface area contributed by atoms with Gasteiger partial charge < -0.3 is 15.4 Å². The monoisotopic (exact) mass is 300 g/mol. The first-order valence-electron chi connectivity index (χ1n) is 6.72. The summed E-state index contributed by atoms with van der Waals surface area (Å²) in [4.78, 5) is 11.7. The minimum absolute atomic E-state index is 0.101. The van der Waals surface area contributed by atoms with Gasteiger partial charge in [0.25, 0.3) is 0 Å². The highest BCUT2D eigenvalue weighted by molar-refractivity contribution is 6.30. The quantitative estimate of drug-likeness (QED) is 0.879. The second-order valence-electron chi connectivity index (χ2n) is 4.74. The summed E-state index contributed by atoms with van der Waals surface area (Å²) in [6.45, 7) is 2.24. The van der Waals surface area contributed by atoms with Gasteiger partial charge in [-0.3, -0.25) is 4.79 Å². The van der Waals surface area contributed by atoms with E-state index in [1.807, 2.05) is 0 Å². The van der Waals surface area contributed by atoms with Crippen molar-refractivity contribution in [2.24, 2.45) is 0 Å². The Kier molecular flexibility index (Phi) is 5.76. The van der Waals surface area contributed by atoms with Crippen molar-refractivity contribution < 1.29 is 13.9 Å². The molecule has 0 atom stereocenters. The van der Waals surface area contributed by atoms with E-state index in [1.165, 1.54) is 18.2 Å². The van der Waals surface area contributed by atoms with Crippen LogP contribution < -0.4 is 10.6 Å². The lowest BCUT2D eigenvalue weighted by atomic mass is 10.1. The maximum atomic E-state index is 13.4. The number of hydrogen-bond donors (Lipinski definition) is 2. The van der Waals surface area contributed by atoms with E-state index in [4.69, 9.17) is 16.3 Å². The first-order chi connectivity index (χ1) is 9.65. The van der Waals surface area contributed by atoms with E-state index >= 15 is 0 Å². The molecule has 1 heterocycles. The zero-order valence-electron chi connectivity index (χ0n) is 11.1. The molecule has 1 aliphatic rings. The third-order valence-corrected chi connectivity index (χ3v) is 3.41. The van der Waals surface area contributed by atoms with Crippen LogP contribution in [0.2, 0.25) is 5.02 Å². The molecule has 4 nitrogen and oxygen atoms in total. The van der Waals surface area contributed by atoms with Crippen molar-refractivity contribution in [1.82, 2.24) is 5.32 Å². The van der Waals surface area contributed by atoms with Gasteiger partial charge in [-0.15, -0.1) is 0 Å². The third kappa shape index (κ3) is 4.74. The van der Waals surface area contributed by atoms with E-state index in [1.54, 1.807) is 0 Å². The Labute approximate surface area is 122 Å². The second-order valence-corrected chi connectivity index (χ2v) is 5.18. The van der Waals surface area contributed by atoms with Crippen molar-refractivity contribution in [1.29, 1.82) is 0 Å². The van der Waals surface area contributed by atoms with Crippen LogP contribution in [0, 0.1) is 5.82 Å². The van der Waals surface area contributed by atoms with Gasteiger partial charge in [-0.1, -0.05) is 11.6 Å². The molecule has 0 unspecified atom stereocenters. The molecule has 0 spiro atoms. The van der Waals surface area contributed by atoms with Crippen LogP contribution in [-0.2, 0) is 9.53 Å². The predicted octanol–water partition coefficient (Wildman–Crippen LogP) is 2.58. The Hall–Kier alpha value is -1.17. The van der Waals surface area contributed by atoms with Gasteiger partial charge in [0.2, 0.25) is 5.91 Å². The Morgan fingerprint density at radius 3 is 2.95 bits per heavy atom. The van der Waals surface area contributed by atoms with Crippen molar-refractivity contribution in [3.63, 3.8) is 0 Å². The Balaban J connectivity index is 1.73. The first kappa shape index (κ1) is 15.2. The highest BCUT2D eigenvalue weighted by atomic mass is 35.5. The summed E-state index contributed by atoms with van der Waals surface area (Å²) in [7, 11) is 0. The number of amides is 1. The summed E-state index contributed by atoms with van der Waals surface area (Å²) in [5, 5.41) is 6.12. The highest BCUT2D eigenvalue weighted by Gasteiger charge is 2.14. The molecule has 0 aliphatic carbocycles. The van der Waals surface area contributed by atoms with Crippen LogP contribution in [0.15, 0.2) is 18.2 Å². The Morgan fingerprint density at radius 2 is 2.20 bits per heavy atom. The minimum Gasteiger partial charge on any atom is -0.378 e. The molecule has 1 fully saturated rings. The van der Waals surface area contributed by atoms with Crippen molar-refractivity contribution in [2.45, 2.75) is 25.4 Å². The first-order valence-corrected chi connectivity index (χ1v) is 7.10. The number of carbonyl (C=O) groups is 1. The summed E-state index contributed by atoms with van der Waals surface area (Å²) < 4.78 is 19.1. The summed E-state index contributed by atoms with van der Waals surface area (Å²) in [5.41, 5.74) is 0.101. The van der Waals surface area contributed by atoms with Crippen molar-refractivity contribution >= 4 is 23.2 Å². The fraction of sp³-hybridized carbons (Fsp3) is 0.500. The van der Waals surface area contributed by atoms with Gasteiger partial charge in [0.1, 0.15) is 5.82 Å². The molecule has 0 radical (unpaired) electrons. The highest BCUT2D eigenvalue weighted by Crippen LogP contribution is 2.19. The van der Waals surface area contributed by atoms with E-state index < -0.39 is 5.82 Å². The van der Waals surface area contributed by atoms with Crippen molar-refractivity contribution in [2.75, 3.05) is 25.0 Å². The molecular weight excluding hydrogens is 283 g/mol. The predicted molar refractivity (Wildman–Crippen MR) is 76.5 cm³/mol. The summed E-state index contributed by atoms with van der Waals surface area (Å²) >= 11 is 5.76. The van der Waals surface area contributed by atoms with E-state index in [0.717, 1.165) is 25.9 Å². The molecule has 1 saturated heterocycles. The van der Waals surface area contributed by atoms with Crippen LogP contribution in [0.3, 0.4) is 0 Å². The fourth-order valence-corrected chi connectivity index (χ4v) is 2.26. The number of piperidine rings is 1. The standard InChI is InChI=1S/C14H18ClFN2O2/c15-10-1-2-12(16)13(9-10)18-14(19)5-8-20-11-3-6-17-7-4-11/h1-2,9,11,17H,3-8H2,(H,18,19). The van der Waals surface area contributed by atoms with Gasteiger partial charge in [-0.05, 0) is 44.1 Å². The maximum Gasteiger partial charge on any atom is 0.226 e. The number of anilines is 1. The molecule has 20 heavy (non-hydrogen) atoms. The molecule has 0 aromatic heterocycles. The molecule has 0 bridgehead atoms. The Bertz CT molecular complexity index is 464. The van der Waals surface area contributed by atoms with Gasteiger partial charge in [0.05, 0.1) is 24.8 Å². The lowest BCUT2D eigenvalue weighted by Gasteiger charge is -2.22. The van der Waals surface area contributed by atoms with Crippen LogP contribution in [0.4, 0.5) is 10.1 Å². The van der Waals surface area contributed by atoms with Crippen molar-refractivity contribution in [3.8, 4) is 0 Å². The smallest absolute Gasteiger partial charge is 0.226 e. The van der Waals surface area contributed by atoms with E-state index in [-0.39, 0.29) is 24.1 Å². The average molecular weight is 301 g/mol. The largest absolute Gasteiger partial charge is 0.378 e. The summed E-state index contributed by atoms with van der Waals surface area (Å²) in [5.74, 6) is -0.776. The SMILES string of the molecule is O=C(CCOC1CCNCC1)Nc1cc(Cl)ccc1F. The van der Waals surface area contributed by atoms with Crippen LogP contribution >= 0.6 is 11.6 Å². The normalized spacial score (nSPS) is 16.1. The van der Waals surface area contributed by atoms with Gasteiger partial charge in [-0.25, -0.2) is 4.39 Å². The molecule has 1 aromatic rings. The van der Waals surface area contributed by atoms with Gasteiger partial charge in [0.15, 0.2) is 0 Å². The zero-order chi connectivity index (χ0) is 14.4. The molecule has 2 rings (SSSR count). The molecule has 1 amide bonds. The lowest BCUT2D eigenvalue weighted by Crippen LogP contribution is -2.33. The van der Waals surface area contributed by atoms with Crippen LogP contribution in [0.25, 0.3) is 0 Å². The van der Waals surface area contributed by atoms with E-state index in [0.29, 0.717) is 11.6 Å². The topological polar surface area (TPSA) is 50.4 Å². The third-order valence-electron chi connectivity index (χ3n) is 3.17. The number of ether oxygens (including phenoxy) is 1. The average Bonchev–Trinajstić information content (AvgIpc) is 2.44. The van der Waals surface area contributed by atoms with E-state index in [2.05, 4.69) is 10.6 Å². The Morgan fingerprint density at radius 1 is 1.45 bits per heavy atom. The maximum absolute atomic E-state index is 13.4. The molecule has 2 N–H and O–H groups in total. The number of nitrogens with one attached hydrogen (secondary N) is 2. The lowest BCUT2D eigenvalue weighted by molar-refractivity contribution is -0.117. The summed E-state index contributed by atoms with van der Waals surface area (Å²) in [6.07, 6.45) is 2.34. The van der Waals surface area contributed by atoms with Crippen LogP contribution in [0.5, 0.6) is 0 Å². The molecule has 1 aromatic carbocycles. The molecule has 0 saturated carbocycles. The number of rotatable bonds is 5. The number of hydrogen-bond acceptors (Lipinski definition) is 3. The molecular formula is C14H18ClFN2O2. The second kappa shape index (κ2) is 7.57. The molecule has 1 aliphatic heterocycles.